The average Bonchev–Trinajstić information content (AvgIpc) is 3.75. The van der Waals surface area contributed by atoms with Gasteiger partial charge in [-0.1, -0.05) is 97.1 Å². The summed E-state index contributed by atoms with van der Waals surface area (Å²) in [6.07, 6.45) is 4.73. The Balaban J connectivity index is 1.15. The minimum absolute atomic E-state index is 1.29. The first kappa shape index (κ1) is 21.8. The summed E-state index contributed by atoms with van der Waals surface area (Å²) in [4.78, 5) is 5.21. The molecular formula is C36H22S2. The molecule has 0 nitrogen and oxygen atoms in total. The lowest BCUT2D eigenvalue weighted by molar-refractivity contribution is 1.65. The molecule has 0 aliphatic heterocycles. The minimum atomic E-state index is 1.29. The van der Waals surface area contributed by atoms with Gasteiger partial charge in [0.05, 0.1) is 0 Å². The molecule has 0 N–H and O–H groups in total. The van der Waals surface area contributed by atoms with E-state index in [0.29, 0.717) is 0 Å². The van der Waals surface area contributed by atoms with E-state index >= 15 is 0 Å². The van der Waals surface area contributed by atoms with Crippen LogP contribution in [0, 0.1) is 0 Å². The van der Waals surface area contributed by atoms with Crippen molar-refractivity contribution in [2.75, 3.05) is 0 Å². The van der Waals surface area contributed by atoms with E-state index in [2.05, 4.69) is 133 Å². The van der Waals surface area contributed by atoms with E-state index in [1.807, 2.05) is 22.7 Å². The van der Waals surface area contributed by atoms with Gasteiger partial charge in [-0.2, -0.15) is 0 Å². The number of thiophene rings is 2. The maximum atomic E-state index is 2.36. The number of hydrogen-bond donors (Lipinski definition) is 0. The fourth-order valence-electron chi connectivity index (χ4n) is 5.82. The van der Waals surface area contributed by atoms with Crippen molar-refractivity contribution in [3.05, 3.63) is 153 Å². The van der Waals surface area contributed by atoms with E-state index < -0.39 is 0 Å². The summed E-state index contributed by atoms with van der Waals surface area (Å²) >= 11 is 3.74. The Labute approximate surface area is 230 Å². The van der Waals surface area contributed by atoms with E-state index in [0.717, 1.165) is 0 Å². The van der Waals surface area contributed by atoms with Gasteiger partial charge in [-0.25, -0.2) is 0 Å². The van der Waals surface area contributed by atoms with Gasteiger partial charge in [-0.05, 0) is 92.1 Å². The zero-order valence-corrected chi connectivity index (χ0v) is 22.2. The van der Waals surface area contributed by atoms with Crippen molar-refractivity contribution < 1.29 is 0 Å². The monoisotopic (exact) mass is 518 g/mol. The van der Waals surface area contributed by atoms with E-state index in [9.17, 15) is 0 Å². The molecule has 6 aromatic rings. The van der Waals surface area contributed by atoms with Gasteiger partial charge >= 0.3 is 0 Å². The Morgan fingerprint density at radius 1 is 0.316 bits per heavy atom. The van der Waals surface area contributed by atoms with Gasteiger partial charge in [-0.3, -0.25) is 0 Å². The third-order valence-corrected chi connectivity index (χ3v) is 9.78. The van der Waals surface area contributed by atoms with Crippen LogP contribution in [0.4, 0.5) is 0 Å². The molecular weight excluding hydrogens is 497 g/mol. The molecule has 2 aliphatic carbocycles. The Bertz CT molecular complexity index is 1690. The molecule has 0 spiro atoms. The largest absolute Gasteiger partial charge is 0.135 e. The highest BCUT2D eigenvalue weighted by molar-refractivity contribution is 7.23. The topological polar surface area (TPSA) is 0 Å². The van der Waals surface area contributed by atoms with E-state index in [4.69, 9.17) is 0 Å². The highest BCUT2D eigenvalue weighted by atomic mass is 32.1. The molecule has 2 heterocycles. The molecule has 0 saturated carbocycles. The Morgan fingerprint density at radius 3 is 0.921 bits per heavy atom. The third-order valence-electron chi connectivity index (χ3n) is 7.52. The van der Waals surface area contributed by atoms with Crippen LogP contribution in [0.1, 0.15) is 32.0 Å². The molecule has 2 heteroatoms. The van der Waals surface area contributed by atoms with Crippen LogP contribution >= 0.6 is 22.7 Å². The van der Waals surface area contributed by atoms with Gasteiger partial charge in [0.2, 0.25) is 0 Å². The highest BCUT2D eigenvalue weighted by Crippen LogP contribution is 2.47. The molecule has 38 heavy (non-hydrogen) atoms. The van der Waals surface area contributed by atoms with Crippen LogP contribution in [0.15, 0.2) is 121 Å². The van der Waals surface area contributed by atoms with Crippen molar-refractivity contribution in [2.45, 2.75) is 0 Å². The molecule has 0 saturated heterocycles. The minimum Gasteiger partial charge on any atom is -0.135 e. The van der Waals surface area contributed by atoms with Crippen LogP contribution in [-0.4, -0.2) is 0 Å². The summed E-state index contributed by atoms with van der Waals surface area (Å²) in [6, 6.07) is 44.1. The van der Waals surface area contributed by atoms with Crippen LogP contribution in [-0.2, 0) is 0 Å². The average molecular weight is 519 g/mol. The standard InChI is InChI=1S/C36H22S2/c1-5-13-29-25(9-1)26-10-2-6-14-30(26)33(29)21-23-17-19-35(37-23)36-20-18-24(38-36)22-34-31-15-7-3-11-27(31)28-12-4-8-16-32(28)34/h1-22H. The first-order chi connectivity index (χ1) is 18.8. The number of hydrogen-bond acceptors (Lipinski definition) is 2. The zero-order chi connectivity index (χ0) is 25.1. The zero-order valence-electron chi connectivity index (χ0n) is 20.5. The predicted molar refractivity (Wildman–Crippen MR) is 165 cm³/mol. The lowest BCUT2D eigenvalue weighted by atomic mass is 10.0. The summed E-state index contributed by atoms with van der Waals surface area (Å²) < 4.78 is 0. The van der Waals surface area contributed by atoms with Gasteiger partial charge in [0.25, 0.3) is 0 Å². The second kappa shape index (κ2) is 8.66. The van der Waals surface area contributed by atoms with Crippen molar-refractivity contribution >= 4 is 46.0 Å². The van der Waals surface area contributed by atoms with Crippen LogP contribution in [0.25, 0.3) is 55.3 Å². The maximum absolute atomic E-state index is 2.36. The molecule has 178 valence electrons. The van der Waals surface area contributed by atoms with Gasteiger partial charge < -0.3 is 0 Å². The fraction of sp³-hybridized carbons (Fsp3) is 0. The molecule has 0 bridgehead atoms. The second-order valence-corrected chi connectivity index (χ2v) is 11.9. The van der Waals surface area contributed by atoms with Crippen LogP contribution in [0.5, 0.6) is 0 Å². The highest BCUT2D eigenvalue weighted by Gasteiger charge is 2.24. The van der Waals surface area contributed by atoms with Crippen molar-refractivity contribution in [3.8, 4) is 32.0 Å². The van der Waals surface area contributed by atoms with E-state index in [1.54, 1.807) is 0 Å². The van der Waals surface area contributed by atoms with Crippen LogP contribution in [0.2, 0.25) is 0 Å². The fourth-order valence-corrected chi connectivity index (χ4v) is 7.82. The number of benzene rings is 4. The number of rotatable bonds is 3. The normalized spacial score (nSPS) is 12.6. The molecule has 0 amide bonds. The summed E-state index contributed by atoms with van der Waals surface area (Å²) in [5, 5.41) is 0. The van der Waals surface area contributed by atoms with Crippen LogP contribution in [0.3, 0.4) is 0 Å². The Kier molecular flexibility index (Phi) is 4.97. The molecule has 2 aromatic heterocycles. The molecule has 4 aromatic carbocycles. The Hall–Kier alpha value is -4.24. The SMILES string of the molecule is C(=C1c2ccccc2-c2ccccc21)c1ccc(-c2ccc(C=C3c4ccccc4-c4ccccc43)s2)s1. The maximum Gasteiger partial charge on any atom is 0.0449 e. The summed E-state index contributed by atoms with van der Waals surface area (Å²) in [5.41, 5.74) is 13.3. The molecule has 2 aliphatic rings. The third kappa shape index (κ3) is 3.42. The van der Waals surface area contributed by atoms with Crippen molar-refractivity contribution in [1.29, 1.82) is 0 Å². The Morgan fingerprint density at radius 2 is 0.605 bits per heavy atom. The van der Waals surface area contributed by atoms with Crippen molar-refractivity contribution in [3.63, 3.8) is 0 Å². The predicted octanol–water partition coefficient (Wildman–Crippen LogP) is 10.6. The van der Waals surface area contributed by atoms with Gasteiger partial charge in [-0.15, -0.1) is 22.7 Å². The molecule has 0 fully saturated rings. The summed E-state index contributed by atoms with van der Waals surface area (Å²) in [5.74, 6) is 0. The molecule has 8 rings (SSSR count). The van der Waals surface area contributed by atoms with E-state index in [1.165, 1.54) is 75.2 Å². The molecule has 0 radical (unpaired) electrons. The lowest BCUT2D eigenvalue weighted by Crippen LogP contribution is -1.79. The van der Waals surface area contributed by atoms with Crippen LogP contribution < -0.4 is 0 Å². The van der Waals surface area contributed by atoms with E-state index in [-0.39, 0.29) is 0 Å². The van der Waals surface area contributed by atoms with Gasteiger partial charge in [0.15, 0.2) is 0 Å². The summed E-state index contributed by atoms with van der Waals surface area (Å²) in [6.45, 7) is 0. The quantitative estimate of drug-likeness (QED) is 0.218. The van der Waals surface area contributed by atoms with Crippen molar-refractivity contribution in [1.82, 2.24) is 0 Å². The second-order valence-electron chi connectivity index (χ2n) is 9.70. The molecule has 0 atom stereocenters. The summed E-state index contributed by atoms with van der Waals surface area (Å²) in [7, 11) is 0. The first-order valence-corrected chi connectivity index (χ1v) is 14.5. The smallest absolute Gasteiger partial charge is 0.0449 e. The van der Waals surface area contributed by atoms with Gasteiger partial charge in [0, 0.05) is 19.5 Å². The van der Waals surface area contributed by atoms with Crippen molar-refractivity contribution in [2.24, 2.45) is 0 Å². The first-order valence-electron chi connectivity index (χ1n) is 12.9. The number of fused-ring (bicyclic) bond motifs is 6. The lowest BCUT2D eigenvalue weighted by Gasteiger charge is -2.02. The van der Waals surface area contributed by atoms with Gasteiger partial charge in [0.1, 0.15) is 0 Å². The molecule has 0 unspecified atom stereocenters.